The van der Waals surface area contributed by atoms with Gasteiger partial charge in [-0.15, -0.1) is 0 Å². The Morgan fingerprint density at radius 2 is 1.71 bits per heavy atom. The lowest BCUT2D eigenvalue weighted by Gasteiger charge is -2.23. The fourth-order valence-electron chi connectivity index (χ4n) is 2.64. The van der Waals surface area contributed by atoms with E-state index in [0.29, 0.717) is 0 Å². The van der Waals surface area contributed by atoms with Crippen molar-refractivity contribution < 1.29 is 9.47 Å². The molecule has 0 aromatic carbocycles. The molecule has 1 fully saturated rings. The van der Waals surface area contributed by atoms with Gasteiger partial charge in [-0.05, 0) is 39.7 Å². The van der Waals surface area contributed by atoms with Crippen molar-refractivity contribution in [2.24, 2.45) is 5.92 Å². The van der Waals surface area contributed by atoms with Crippen molar-refractivity contribution in [2.75, 3.05) is 33.4 Å². The van der Waals surface area contributed by atoms with Crippen LogP contribution < -0.4 is 0 Å². The maximum absolute atomic E-state index is 5.55. The molecular weight excluding hydrogens is 214 g/mol. The quantitative estimate of drug-likeness (QED) is 0.581. The summed E-state index contributed by atoms with van der Waals surface area (Å²) in [5, 5.41) is 0. The lowest BCUT2D eigenvalue weighted by atomic mass is 10.1. The molecule has 0 heterocycles. The van der Waals surface area contributed by atoms with Crippen LogP contribution >= 0.6 is 0 Å². The Morgan fingerprint density at radius 3 is 2.24 bits per heavy atom. The molecule has 0 unspecified atom stereocenters. The van der Waals surface area contributed by atoms with E-state index < -0.39 is 0 Å². The topological polar surface area (TPSA) is 21.7 Å². The maximum Gasteiger partial charge on any atom is 0.158 e. The van der Waals surface area contributed by atoms with Gasteiger partial charge >= 0.3 is 0 Å². The minimum atomic E-state index is -0.0176. The molecule has 0 bridgehead atoms. The van der Waals surface area contributed by atoms with Gasteiger partial charge in [0.05, 0.1) is 0 Å². The van der Waals surface area contributed by atoms with Crippen LogP contribution in [-0.4, -0.2) is 44.5 Å². The highest BCUT2D eigenvalue weighted by molar-refractivity contribution is 4.70. The average molecular weight is 243 g/mol. The number of hydrogen-bond acceptors (Lipinski definition) is 3. The smallest absolute Gasteiger partial charge is 0.158 e. The van der Waals surface area contributed by atoms with E-state index in [0.717, 1.165) is 32.1 Å². The first kappa shape index (κ1) is 14.9. The van der Waals surface area contributed by atoms with Crippen molar-refractivity contribution in [1.29, 1.82) is 0 Å². The van der Waals surface area contributed by atoms with Gasteiger partial charge in [-0.2, -0.15) is 0 Å². The summed E-state index contributed by atoms with van der Waals surface area (Å²) in [7, 11) is 2.22. The molecule has 102 valence electrons. The van der Waals surface area contributed by atoms with E-state index in [1.54, 1.807) is 0 Å². The summed E-state index contributed by atoms with van der Waals surface area (Å²) in [6, 6.07) is 0. The number of nitrogens with zero attached hydrogens (tertiary/aromatic N) is 1. The van der Waals surface area contributed by atoms with Crippen LogP contribution in [0.2, 0.25) is 0 Å². The molecule has 0 spiro atoms. The zero-order valence-electron chi connectivity index (χ0n) is 11.8. The van der Waals surface area contributed by atoms with Crippen molar-refractivity contribution in [3.05, 3.63) is 0 Å². The summed E-state index contributed by atoms with van der Waals surface area (Å²) in [6.07, 6.45) is 6.66. The standard InChI is InChI=1S/C14H29NO2/c1-4-16-14(17-5-2)10-11-15(3)12-13-8-6-7-9-13/h13-14H,4-12H2,1-3H3. The minimum Gasteiger partial charge on any atom is -0.353 e. The molecule has 1 aliphatic rings. The Kier molecular flexibility index (Phi) is 7.82. The molecule has 0 radical (unpaired) electrons. The zero-order chi connectivity index (χ0) is 12.5. The largest absolute Gasteiger partial charge is 0.353 e. The van der Waals surface area contributed by atoms with Crippen molar-refractivity contribution in [1.82, 2.24) is 4.90 Å². The molecular formula is C14H29NO2. The van der Waals surface area contributed by atoms with E-state index in [2.05, 4.69) is 11.9 Å². The lowest BCUT2D eigenvalue weighted by molar-refractivity contribution is -0.141. The number of ether oxygens (including phenoxy) is 2. The molecule has 1 rings (SSSR count). The van der Waals surface area contributed by atoms with Crippen LogP contribution in [0.15, 0.2) is 0 Å². The molecule has 0 aromatic heterocycles. The monoisotopic (exact) mass is 243 g/mol. The Morgan fingerprint density at radius 1 is 1.12 bits per heavy atom. The molecule has 0 saturated heterocycles. The Bertz CT molecular complexity index is 175. The SMILES string of the molecule is CCOC(CCN(C)CC1CCCC1)OCC. The van der Waals surface area contributed by atoms with Crippen LogP contribution in [0.3, 0.4) is 0 Å². The fraction of sp³-hybridized carbons (Fsp3) is 1.00. The van der Waals surface area contributed by atoms with Crippen molar-refractivity contribution in [3.63, 3.8) is 0 Å². The second-order valence-corrected chi connectivity index (χ2v) is 5.04. The van der Waals surface area contributed by atoms with E-state index >= 15 is 0 Å². The molecule has 0 amide bonds. The van der Waals surface area contributed by atoms with Gasteiger partial charge < -0.3 is 14.4 Å². The zero-order valence-corrected chi connectivity index (χ0v) is 11.8. The molecule has 3 nitrogen and oxygen atoms in total. The van der Waals surface area contributed by atoms with Gasteiger partial charge in [0.2, 0.25) is 0 Å². The first-order chi connectivity index (χ1) is 8.26. The molecule has 0 aliphatic heterocycles. The van der Waals surface area contributed by atoms with Crippen LogP contribution in [0.4, 0.5) is 0 Å². The van der Waals surface area contributed by atoms with Crippen molar-refractivity contribution in [3.8, 4) is 0 Å². The normalized spacial score (nSPS) is 17.5. The molecule has 1 saturated carbocycles. The summed E-state index contributed by atoms with van der Waals surface area (Å²) in [5.74, 6) is 0.928. The predicted molar refractivity (Wildman–Crippen MR) is 71.1 cm³/mol. The van der Waals surface area contributed by atoms with E-state index in [9.17, 15) is 0 Å². The van der Waals surface area contributed by atoms with E-state index in [-0.39, 0.29) is 6.29 Å². The summed E-state index contributed by atoms with van der Waals surface area (Å²) < 4.78 is 11.1. The van der Waals surface area contributed by atoms with Gasteiger partial charge in [0.25, 0.3) is 0 Å². The average Bonchev–Trinajstić information content (AvgIpc) is 2.79. The first-order valence-corrected chi connectivity index (χ1v) is 7.18. The number of hydrogen-bond donors (Lipinski definition) is 0. The molecule has 0 atom stereocenters. The van der Waals surface area contributed by atoms with Crippen molar-refractivity contribution in [2.45, 2.75) is 52.2 Å². The van der Waals surface area contributed by atoms with E-state index in [1.165, 1.54) is 32.2 Å². The van der Waals surface area contributed by atoms with Gasteiger partial charge in [0.15, 0.2) is 6.29 Å². The Labute approximate surface area is 106 Å². The summed E-state index contributed by atoms with van der Waals surface area (Å²) in [6.45, 7) is 7.82. The van der Waals surface area contributed by atoms with Gasteiger partial charge in [0.1, 0.15) is 0 Å². The first-order valence-electron chi connectivity index (χ1n) is 7.18. The summed E-state index contributed by atoms with van der Waals surface area (Å²) in [4.78, 5) is 2.43. The lowest BCUT2D eigenvalue weighted by Crippen LogP contribution is -2.29. The highest BCUT2D eigenvalue weighted by Gasteiger charge is 2.17. The predicted octanol–water partition coefficient (Wildman–Crippen LogP) is 2.90. The summed E-state index contributed by atoms with van der Waals surface area (Å²) in [5.41, 5.74) is 0. The van der Waals surface area contributed by atoms with E-state index in [4.69, 9.17) is 9.47 Å². The third-order valence-electron chi connectivity index (χ3n) is 3.50. The fourth-order valence-corrected chi connectivity index (χ4v) is 2.64. The van der Waals surface area contributed by atoms with Gasteiger partial charge in [0, 0.05) is 32.7 Å². The molecule has 17 heavy (non-hydrogen) atoms. The third-order valence-corrected chi connectivity index (χ3v) is 3.50. The maximum atomic E-state index is 5.55. The molecule has 1 aliphatic carbocycles. The number of rotatable bonds is 9. The van der Waals surface area contributed by atoms with Gasteiger partial charge in [-0.25, -0.2) is 0 Å². The molecule has 0 aromatic rings. The van der Waals surface area contributed by atoms with E-state index in [1.807, 2.05) is 13.8 Å². The van der Waals surface area contributed by atoms with Gasteiger partial charge in [-0.3, -0.25) is 0 Å². The highest BCUT2D eigenvalue weighted by Crippen LogP contribution is 2.25. The van der Waals surface area contributed by atoms with Crippen LogP contribution in [0.5, 0.6) is 0 Å². The van der Waals surface area contributed by atoms with Crippen molar-refractivity contribution >= 4 is 0 Å². The Balaban J connectivity index is 2.13. The van der Waals surface area contributed by atoms with Gasteiger partial charge in [-0.1, -0.05) is 12.8 Å². The molecule has 3 heteroatoms. The van der Waals surface area contributed by atoms with Crippen LogP contribution in [-0.2, 0) is 9.47 Å². The molecule has 0 N–H and O–H groups in total. The minimum absolute atomic E-state index is 0.0176. The Hall–Kier alpha value is -0.120. The van der Waals surface area contributed by atoms with Crippen LogP contribution in [0.1, 0.15) is 46.0 Å². The third kappa shape index (κ3) is 6.39. The van der Waals surface area contributed by atoms with Crippen LogP contribution in [0.25, 0.3) is 0 Å². The highest BCUT2D eigenvalue weighted by atomic mass is 16.7. The second kappa shape index (κ2) is 8.90. The van der Waals surface area contributed by atoms with Crippen LogP contribution in [0, 0.1) is 5.92 Å². The summed E-state index contributed by atoms with van der Waals surface area (Å²) >= 11 is 0. The second-order valence-electron chi connectivity index (χ2n) is 5.04.